The van der Waals surface area contributed by atoms with Gasteiger partial charge in [-0.1, -0.05) is 30.3 Å². The topological polar surface area (TPSA) is 99.8 Å². The van der Waals surface area contributed by atoms with Gasteiger partial charge in [0.1, 0.15) is 6.33 Å². The van der Waals surface area contributed by atoms with E-state index in [2.05, 4.69) is 25.8 Å². The molecule has 0 unspecified atom stereocenters. The molecular weight excluding hydrogens is 342 g/mol. The van der Waals surface area contributed by atoms with Gasteiger partial charge in [0.2, 0.25) is 5.91 Å². The first-order valence-corrected chi connectivity index (χ1v) is 8.83. The SMILES string of the molecule is O=C(Cc1ccc(NC(=O)c2ccccc2-c2ncn[nH]2)cc1)NC1CC1. The average Bonchev–Trinajstić information content (AvgIpc) is 3.32. The average molecular weight is 361 g/mol. The van der Waals surface area contributed by atoms with Crippen molar-refractivity contribution >= 4 is 17.5 Å². The Morgan fingerprint density at radius 3 is 2.56 bits per heavy atom. The number of hydrogen-bond donors (Lipinski definition) is 3. The molecule has 1 fully saturated rings. The molecule has 1 aliphatic carbocycles. The van der Waals surface area contributed by atoms with Crippen molar-refractivity contribution in [2.45, 2.75) is 25.3 Å². The fourth-order valence-electron chi connectivity index (χ4n) is 2.82. The molecule has 0 bridgehead atoms. The van der Waals surface area contributed by atoms with Crippen LogP contribution in [-0.4, -0.2) is 33.0 Å². The third kappa shape index (κ3) is 4.20. The molecule has 2 amide bonds. The Labute approximate surface area is 156 Å². The summed E-state index contributed by atoms with van der Waals surface area (Å²) in [6.45, 7) is 0. The Morgan fingerprint density at radius 1 is 1.07 bits per heavy atom. The molecule has 0 aliphatic heterocycles. The third-order valence-electron chi connectivity index (χ3n) is 4.36. The van der Waals surface area contributed by atoms with E-state index >= 15 is 0 Å². The molecule has 1 saturated carbocycles. The molecule has 4 rings (SSSR count). The zero-order valence-corrected chi connectivity index (χ0v) is 14.6. The van der Waals surface area contributed by atoms with Gasteiger partial charge in [0.05, 0.1) is 12.0 Å². The van der Waals surface area contributed by atoms with Crippen LogP contribution < -0.4 is 10.6 Å². The van der Waals surface area contributed by atoms with E-state index in [1.54, 1.807) is 24.3 Å². The minimum atomic E-state index is -0.235. The highest BCUT2D eigenvalue weighted by Crippen LogP contribution is 2.21. The van der Waals surface area contributed by atoms with E-state index in [1.807, 2.05) is 24.3 Å². The van der Waals surface area contributed by atoms with Crippen LogP contribution in [0.2, 0.25) is 0 Å². The van der Waals surface area contributed by atoms with E-state index in [1.165, 1.54) is 6.33 Å². The molecular formula is C20H19N5O2. The van der Waals surface area contributed by atoms with E-state index in [4.69, 9.17) is 0 Å². The van der Waals surface area contributed by atoms with Crippen molar-refractivity contribution < 1.29 is 9.59 Å². The summed E-state index contributed by atoms with van der Waals surface area (Å²) in [7, 11) is 0. The molecule has 1 heterocycles. The maximum atomic E-state index is 12.7. The number of carbonyl (C=O) groups excluding carboxylic acids is 2. The van der Waals surface area contributed by atoms with Gasteiger partial charge >= 0.3 is 0 Å². The van der Waals surface area contributed by atoms with Gasteiger partial charge in [-0.15, -0.1) is 0 Å². The van der Waals surface area contributed by atoms with Crippen LogP contribution in [0.15, 0.2) is 54.9 Å². The summed E-state index contributed by atoms with van der Waals surface area (Å²) in [5.41, 5.74) is 2.76. The second kappa shape index (κ2) is 7.41. The fraction of sp³-hybridized carbons (Fsp3) is 0.200. The van der Waals surface area contributed by atoms with E-state index in [-0.39, 0.29) is 11.8 Å². The van der Waals surface area contributed by atoms with Crippen LogP contribution >= 0.6 is 0 Å². The summed E-state index contributed by atoms with van der Waals surface area (Å²) in [5.74, 6) is 0.342. The van der Waals surface area contributed by atoms with Gasteiger partial charge in [-0.25, -0.2) is 4.98 Å². The van der Waals surface area contributed by atoms with Crippen molar-refractivity contribution in [1.82, 2.24) is 20.5 Å². The summed E-state index contributed by atoms with van der Waals surface area (Å²) in [6.07, 6.45) is 3.90. The first-order valence-electron chi connectivity index (χ1n) is 8.83. The van der Waals surface area contributed by atoms with E-state index in [9.17, 15) is 9.59 Å². The first kappa shape index (κ1) is 17.0. The van der Waals surface area contributed by atoms with Crippen LogP contribution in [0.25, 0.3) is 11.4 Å². The van der Waals surface area contributed by atoms with Gasteiger partial charge in [-0.2, -0.15) is 5.10 Å². The van der Waals surface area contributed by atoms with Crippen molar-refractivity contribution in [3.63, 3.8) is 0 Å². The van der Waals surface area contributed by atoms with Crippen molar-refractivity contribution in [2.24, 2.45) is 0 Å². The number of anilines is 1. The number of nitrogens with one attached hydrogen (secondary N) is 3. The number of nitrogens with zero attached hydrogens (tertiary/aromatic N) is 2. The Balaban J connectivity index is 1.43. The zero-order chi connectivity index (χ0) is 18.6. The largest absolute Gasteiger partial charge is 0.353 e. The number of H-pyrrole nitrogens is 1. The van der Waals surface area contributed by atoms with Crippen molar-refractivity contribution in [2.75, 3.05) is 5.32 Å². The molecule has 0 spiro atoms. The number of aromatic amines is 1. The molecule has 2 aromatic carbocycles. The Kier molecular flexibility index (Phi) is 4.65. The highest BCUT2D eigenvalue weighted by atomic mass is 16.2. The van der Waals surface area contributed by atoms with Crippen molar-refractivity contribution in [3.8, 4) is 11.4 Å². The predicted octanol–water partition coefficient (Wildman–Crippen LogP) is 2.55. The molecule has 1 aromatic heterocycles. The fourth-order valence-corrected chi connectivity index (χ4v) is 2.82. The zero-order valence-electron chi connectivity index (χ0n) is 14.6. The Morgan fingerprint density at radius 2 is 1.85 bits per heavy atom. The lowest BCUT2D eigenvalue weighted by Crippen LogP contribution is -2.26. The molecule has 136 valence electrons. The van der Waals surface area contributed by atoms with Crippen LogP contribution in [0.3, 0.4) is 0 Å². The van der Waals surface area contributed by atoms with Crippen LogP contribution in [0.4, 0.5) is 5.69 Å². The maximum Gasteiger partial charge on any atom is 0.256 e. The summed E-state index contributed by atoms with van der Waals surface area (Å²) in [4.78, 5) is 28.7. The standard InChI is InChI=1S/C20H19N5O2/c26-18(23-14-9-10-14)11-13-5-7-15(8-6-13)24-20(27)17-4-2-1-3-16(17)19-21-12-22-25-19/h1-8,12,14H,9-11H2,(H,23,26)(H,24,27)(H,21,22,25). The summed E-state index contributed by atoms with van der Waals surface area (Å²) in [5, 5.41) is 12.5. The summed E-state index contributed by atoms with van der Waals surface area (Å²) < 4.78 is 0. The molecule has 0 atom stereocenters. The van der Waals surface area contributed by atoms with Crippen molar-refractivity contribution in [1.29, 1.82) is 0 Å². The lowest BCUT2D eigenvalue weighted by atomic mass is 10.1. The Bertz CT molecular complexity index is 947. The van der Waals surface area contributed by atoms with Gasteiger partial charge in [-0.3, -0.25) is 14.7 Å². The monoisotopic (exact) mass is 361 g/mol. The van der Waals surface area contributed by atoms with Gasteiger partial charge in [0.15, 0.2) is 5.82 Å². The number of aromatic nitrogens is 3. The van der Waals surface area contributed by atoms with Crippen LogP contribution in [-0.2, 0) is 11.2 Å². The normalized spacial score (nSPS) is 13.2. The second-order valence-corrected chi connectivity index (χ2v) is 6.55. The van der Waals surface area contributed by atoms with Crippen molar-refractivity contribution in [3.05, 3.63) is 66.0 Å². The number of carbonyl (C=O) groups is 2. The van der Waals surface area contributed by atoms with Crippen LogP contribution in [0.5, 0.6) is 0 Å². The minimum Gasteiger partial charge on any atom is -0.353 e. The molecule has 3 N–H and O–H groups in total. The van der Waals surface area contributed by atoms with Gasteiger partial charge < -0.3 is 10.6 Å². The molecule has 3 aromatic rings. The smallest absolute Gasteiger partial charge is 0.256 e. The van der Waals surface area contributed by atoms with Gasteiger partial charge in [0.25, 0.3) is 5.91 Å². The molecule has 27 heavy (non-hydrogen) atoms. The van der Waals surface area contributed by atoms with Crippen LogP contribution in [0, 0.1) is 0 Å². The molecule has 7 nitrogen and oxygen atoms in total. The maximum absolute atomic E-state index is 12.7. The molecule has 0 saturated heterocycles. The van der Waals surface area contributed by atoms with E-state index in [0.29, 0.717) is 35.1 Å². The summed E-state index contributed by atoms with van der Waals surface area (Å²) in [6, 6.07) is 14.9. The second-order valence-electron chi connectivity index (χ2n) is 6.55. The lowest BCUT2D eigenvalue weighted by Gasteiger charge is -2.09. The van der Waals surface area contributed by atoms with E-state index < -0.39 is 0 Å². The van der Waals surface area contributed by atoms with Crippen LogP contribution in [0.1, 0.15) is 28.8 Å². The minimum absolute atomic E-state index is 0.0373. The molecule has 1 aliphatic rings. The number of benzene rings is 2. The van der Waals surface area contributed by atoms with Gasteiger partial charge in [-0.05, 0) is 36.6 Å². The highest BCUT2D eigenvalue weighted by Gasteiger charge is 2.23. The highest BCUT2D eigenvalue weighted by molar-refractivity contribution is 6.08. The number of hydrogen-bond acceptors (Lipinski definition) is 4. The third-order valence-corrected chi connectivity index (χ3v) is 4.36. The Hall–Kier alpha value is -3.48. The predicted molar refractivity (Wildman–Crippen MR) is 101 cm³/mol. The number of rotatable bonds is 6. The lowest BCUT2D eigenvalue weighted by molar-refractivity contribution is -0.120. The summed E-state index contributed by atoms with van der Waals surface area (Å²) >= 11 is 0. The number of amides is 2. The quantitative estimate of drug-likeness (QED) is 0.628. The van der Waals surface area contributed by atoms with E-state index in [0.717, 1.165) is 18.4 Å². The van der Waals surface area contributed by atoms with Gasteiger partial charge in [0, 0.05) is 17.3 Å². The first-order chi connectivity index (χ1) is 13.2. The molecule has 7 heteroatoms. The molecule has 0 radical (unpaired) electrons.